The Kier molecular flexibility index (Phi) is 10.6. The molecular formula is C36H48FN5O9S. The molecule has 0 aromatic heterocycles. The summed E-state index contributed by atoms with van der Waals surface area (Å²) < 4.78 is 49.9. The summed E-state index contributed by atoms with van der Waals surface area (Å²) in [6.45, 7) is 5.10. The van der Waals surface area contributed by atoms with Crippen LogP contribution in [0.5, 0.6) is 0 Å². The number of amides is 5. The lowest BCUT2D eigenvalue weighted by Crippen LogP contribution is -2.58. The summed E-state index contributed by atoms with van der Waals surface area (Å²) in [4.78, 5) is 71.2. The van der Waals surface area contributed by atoms with Crippen LogP contribution < -0.4 is 16.0 Å². The van der Waals surface area contributed by atoms with Crippen molar-refractivity contribution in [3.63, 3.8) is 0 Å². The third-order valence-corrected chi connectivity index (χ3v) is 12.1. The summed E-state index contributed by atoms with van der Waals surface area (Å²) in [6.07, 6.45) is 5.00. The monoisotopic (exact) mass is 745 g/mol. The van der Waals surface area contributed by atoms with Gasteiger partial charge in [-0.05, 0) is 64.5 Å². The van der Waals surface area contributed by atoms with Crippen LogP contribution in [-0.4, -0.2) is 102 Å². The third kappa shape index (κ3) is 8.53. The van der Waals surface area contributed by atoms with Crippen molar-refractivity contribution in [2.45, 2.75) is 121 Å². The van der Waals surface area contributed by atoms with Gasteiger partial charge in [-0.25, -0.2) is 22.4 Å². The van der Waals surface area contributed by atoms with Gasteiger partial charge in [-0.15, -0.1) is 0 Å². The molecule has 6 rings (SSSR count). The van der Waals surface area contributed by atoms with E-state index in [1.54, 1.807) is 32.9 Å². The van der Waals surface area contributed by atoms with Crippen molar-refractivity contribution in [1.29, 1.82) is 0 Å². The smallest absolute Gasteiger partial charge is 0.410 e. The van der Waals surface area contributed by atoms with Gasteiger partial charge >= 0.3 is 12.2 Å². The van der Waals surface area contributed by atoms with E-state index in [0.29, 0.717) is 24.0 Å². The van der Waals surface area contributed by atoms with Gasteiger partial charge in [-0.3, -0.25) is 19.3 Å². The minimum Gasteiger partial charge on any atom is -0.444 e. The number of sulfone groups is 1. The van der Waals surface area contributed by atoms with Crippen molar-refractivity contribution in [2.75, 3.05) is 18.1 Å². The first-order valence-electron chi connectivity index (χ1n) is 18.1. The summed E-state index contributed by atoms with van der Waals surface area (Å²) in [5.41, 5.74) is -1.13. The number of halogens is 1. The number of benzene rings is 1. The molecule has 2 saturated heterocycles. The molecule has 0 bridgehead atoms. The van der Waals surface area contributed by atoms with Crippen LogP contribution >= 0.6 is 0 Å². The van der Waals surface area contributed by atoms with Gasteiger partial charge in [-0.2, -0.15) is 0 Å². The number of carbonyl (C=O) groups is 5. The minimum absolute atomic E-state index is 0.0107. The molecule has 4 heterocycles. The molecule has 52 heavy (non-hydrogen) atoms. The molecule has 5 aliphatic rings. The fourth-order valence-electron chi connectivity index (χ4n) is 7.57. The van der Waals surface area contributed by atoms with E-state index in [9.17, 15) is 36.8 Å². The first kappa shape index (κ1) is 37.5. The van der Waals surface area contributed by atoms with E-state index in [1.165, 1.54) is 15.9 Å². The van der Waals surface area contributed by atoms with Crippen LogP contribution in [0.4, 0.5) is 14.0 Å². The molecule has 284 valence electrons. The van der Waals surface area contributed by atoms with Crippen molar-refractivity contribution in [3.05, 3.63) is 47.3 Å². The summed E-state index contributed by atoms with van der Waals surface area (Å²) >= 11 is 0. The Hall–Kier alpha value is -4.21. The standard InChI is InChI=1S/C36H48FN5O9S/c1-35(2,3)51-33(46)39-28-13-8-6-4-5-7-11-23-17-36(23,32(45)38-24-14-15-52(48,49)21-24)40-30(43)29-16-25(19-42(29)31(28)44)50-34(47)41-18-22-10-9-12-27(37)26(22)20-41/h7,9-12,23-25,28-29H,4-6,8,13-21H2,1-3H3,(H,38,45)(H,39,46)(H,40,43)/b11-7-/t23-,24+,25+,28-,29-,36+/m0/s1. The number of allylic oxidation sites excluding steroid dienone is 1. The molecule has 0 spiro atoms. The van der Waals surface area contributed by atoms with Crippen molar-refractivity contribution in [2.24, 2.45) is 5.92 Å². The van der Waals surface area contributed by atoms with E-state index < -0.39 is 80.9 Å². The lowest BCUT2D eigenvalue weighted by atomic mass is 10.0. The van der Waals surface area contributed by atoms with Gasteiger partial charge < -0.3 is 30.3 Å². The Morgan fingerprint density at radius 1 is 1.06 bits per heavy atom. The fourth-order valence-corrected chi connectivity index (χ4v) is 9.24. The Morgan fingerprint density at radius 2 is 1.85 bits per heavy atom. The highest BCUT2D eigenvalue weighted by Gasteiger charge is 2.61. The number of ether oxygens (including phenoxy) is 2. The van der Waals surface area contributed by atoms with Crippen LogP contribution in [0.2, 0.25) is 0 Å². The Bertz CT molecular complexity index is 1750. The maximum Gasteiger partial charge on any atom is 0.410 e. The lowest BCUT2D eigenvalue weighted by Gasteiger charge is -2.30. The van der Waals surface area contributed by atoms with E-state index >= 15 is 0 Å². The van der Waals surface area contributed by atoms with Gasteiger partial charge in [0.1, 0.15) is 35.1 Å². The highest BCUT2D eigenvalue weighted by atomic mass is 32.2. The third-order valence-electron chi connectivity index (χ3n) is 10.4. The molecule has 1 aliphatic carbocycles. The molecule has 6 atom stereocenters. The summed E-state index contributed by atoms with van der Waals surface area (Å²) in [5.74, 6) is -2.68. The lowest BCUT2D eigenvalue weighted by molar-refractivity contribution is -0.141. The first-order valence-corrected chi connectivity index (χ1v) is 19.9. The SMILES string of the molecule is CC(C)(C)OC(=O)N[C@H]1CCCCC/C=C\[C@H]2C[C@@]2(C(=O)N[C@@H]2CCS(=O)(=O)C2)NC(=O)[C@@H]2C[C@@H](OC(=O)N3Cc4cccc(F)c4C3)CN2C1=O. The zero-order chi connectivity index (χ0) is 37.4. The van der Waals surface area contributed by atoms with Crippen molar-refractivity contribution < 1.29 is 46.3 Å². The highest BCUT2D eigenvalue weighted by molar-refractivity contribution is 7.91. The van der Waals surface area contributed by atoms with Crippen molar-refractivity contribution in [3.8, 4) is 0 Å². The quantitative estimate of drug-likeness (QED) is 0.391. The van der Waals surface area contributed by atoms with Crippen molar-refractivity contribution in [1.82, 2.24) is 25.8 Å². The number of fused-ring (bicyclic) bond motifs is 3. The molecule has 0 radical (unpaired) electrons. The van der Waals surface area contributed by atoms with E-state index in [0.717, 1.165) is 12.8 Å². The molecule has 14 nitrogen and oxygen atoms in total. The van der Waals surface area contributed by atoms with E-state index in [1.807, 2.05) is 12.2 Å². The average molecular weight is 746 g/mol. The molecular weight excluding hydrogens is 697 g/mol. The molecule has 1 aromatic rings. The van der Waals surface area contributed by atoms with Crippen LogP contribution in [-0.2, 0) is 46.8 Å². The number of hydrogen-bond acceptors (Lipinski definition) is 9. The maximum atomic E-state index is 14.4. The topological polar surface area (TPSA) is 181 Å². The Balaban J connectivity index is 1.24. The van der Waals surface area contributed by atoms with Crippen molar-refractivity contribution >= 4 is 39.7 Å². The van der Waals surface area contributed by atoms with E-state index in [-0.39, 0.29) is 62.7 Å². The van der Waals surface area contributed by atoms with Gasteiger partial charge in [-0.1, -0.05) is 37.1 Å². The number of alkyl carbamates (subject to hydrolysis) is 1. The summed E-state index contributed by atoms with van der Waals surface area (Å²) in [6, 6.07) is 1.82. The molecule has 16 heteroatoms. The number of carbonyl (C=O) groups excluding carboxylic acids is 5. The minimum atomic E-state index is -3.28. The zero-order valence-electron chi connectivity index (χ0n) is 29.8. The highest BCUT2D eigenvalue weighted by Crippen LogP contribution is 2.46. The molecule has 4 aliphatic heterocycles. The number of rotatable bonds is 4. The normalized spacial score (nSPS) is 30.8. The second kappa shape index (κ2) is 14.7. The van der Waals surface area contributed by atoms with Crippen LogP contribution in [0.15, 0.2) is 30.4 Å². The van der Waals surface area contributed by atoms with Gasteiger partial charge in [0.2, 0.25) is 17.7 Å². The first-order chi connectivity index (χ1) is 24.5. The van der Waals surface area contributed by atoms with Crippen LogP contribution in [0.1, 0.15) is 83.3 Å². The Morgan fingerprint density at radius 3 is 2.56 bits per heavy atom. The van der Waals surface area contributed by atoms with E-state index in [2.05, 4.69) is 16.0 Å². The fraction of sp³-hybridized carbons (Fsp3) is 0.639. The Labute approximate surface area is 303 Å². The van der Waals surface area contributed by atoms with Crippen LogP contribution in [0.3, 0.4) is 0 Å². The van der Waals surface area contributed by atoms with Crippen LogP contribution in [0, 0.1) is 11.7 Å². The molecule has 5 amide bonds. The number of hydrogen-bond donors (Lipinski definition) is 3. The molecule has 1 aromatic carbocycles. The largest absolute Gasteiger partial charge is 0.444 e. The van der Waals surface area contributed by atoms with Gasteiger partial charge in [0.15, 0.2) is 9.84 Å². The molecule has 3 fully saturated rings. The zero-order valence-corrected chi connectivity index (χ0v) is 30.6. The second-order valence-corrected chi connectivity index (χ2v) is 17.8. The van der Waals surface area contributed by atoms with Crippen LogP contribution in [0.25, 0.3) is 0 Å². The van der Waals surface area contributed by atoms with Gasteiger partial charge in [0.05, 0.1) is 24.6 Å². The predicted molar refractivity (Wildman–Crippen MR) is 186 cm³/mol. The van der Waals surface area contributed by atoms with E-state index in [4.69, 9.17) is 9.47 Å². The summed E-state index contributed by atoms with van der Waals surface area (Å²) in [5, 5.41) is 8.43. The van der Waals surface area contributed by atoms with Gasteiger partial charge in [0.25, 0.3) is 0 Å². The average Bonchev–Trinajstić information content (AvgIpc) is 3.36. The molecule has 0 unspecified atom stereocenters. The number of nitrogens with one attached hydrogen (secondary N) is 3. The summed E-state index contributed by atoms with van der Waals surface area (Å²) in [7, 11) is -3.28. The maximum absolute atomic E-state index is 14.4. The number of nitrogens with zero attached hydrogens (tertiary/aromatic N) is 2. The molecule has 1 saturated carbocycles. The second-order valence-electron chi connectivity index (χ2n) is 15.6. The molecule has 3 N–H and O–H groups in total. The predicted octanol–water partition coefficient (Wildman–Crippen LogP) is 2.84. The van der Waals surface area contributed by atoms with Gasteiger partial charge in [0, 0.05) is 30.5 Å².